The third-order valence-corrected chi connectivity index (χ3v) is 5.31. The number of ether oxygens (including phenoxy) is 2. The topological polar surface area (TPSA) is 92.9 Å². The number of likely N-dealkylation sites (N-methyl/N-ethyl adjacent to an activating group) is 1. The Morgan fingerprint density at radius 2 is 2.22 bits per heavy atom. The molecule has 0 fully saturated rings. The summed E-state index contributed by atoms with van der Waals surface area (Å²) in [6.07, 6.45) is 5.98. The molecule has 0 aromatic heterocycles. The van der Waals surface area contributed by atoms with Crippen molar-refractivity contribution in [3.05, 3.63) is 40.1 Å². The molecule has 27 heavy (non-hydrogen) atoms. The van der Waals surface area contributed by atoms with Crippen molar-refractivity contribution >= 4 is 23.0 Å². The standard InChI is InChI=1S/C19H24ClN5O2/c1-11-8-15(22-2)25-19(21,24-11)13-9-14-18(27-10-26-14)16(17(13)20)12-4-3-6-23-7-5-12/h5,8-9,23-24H,3-4,6-7,10,21H2,1-2H3,(H,22,25). The van der Waals surface area contributed by atoms with Crippen LogP contribution in [0.2, 0.25) is 5.02 Å². The number of allylic oxidation sites excluding steroid dienone is 2. The van der Waals surface area contributed by atoms with Crippen LogP contribution in [0.4, 0.5) is 0 Å². The van der Waals surface area contributed by atoms with E-state index in [2.05, 4.69) is 27.0 Å². The molecule has 1 aromatic rings. The Balaban J connectivity index is 1.88. The summed E-state index contributed by atoms with van der Waals surface area (Å²) < 4.78 is 11.4. The SMILES string of the molecule is CNC1=NC(N)(c2cc3c(c(C4=CCNCCC4)c2Cl)OCO3)NC(C)=C1. The Hall–Kier alpha value is -2.22. The number of benzene rings is 1. The molecule has 1 atom stereocenters. The number of fused-ring (bicyclic) bond motifs is 1. The minimum Gasteiger partial charge on any atom is -0.454 e. The fourth-order valence-corrected chi connectivity index (χ4v) is 4.07. The highest BCUT2D eigenvalue weighted by atomic mass is 35.5. The monoisotopic (exact) mass is 389 g/mol. The van der Waals surface area contributed by atoms with E-state index in [9.17, 15) is 0 Å². The Morgan fingerprint density at radius 1 is 1.37 bits per heavy atom. The van der Waals surface area contributed by atoms with Crippen LogP contribution in [0.15, 0.2) is 28.9 Å². The van der Waals surface area contributed by atoms with Crippen molar-refractivity contribution in [1.29, 1.82) is 0 Å². The summed E-state index contributed by atoms with van der Waals surface area (Å²) in [5.74, 6) is 0.805. The first-order valence-corrected chi connectivity index (χ1v) is 9.45. The van der Waals surface area contributed by atoms with Crippen LogP contribution in [0.5, 0.6) is 11.5 Å². The van der Waals surface area contributed by atoms with Crippen LogP contribution in [0.3, 0.4) is 0 Å². The van der Waals surface area contributed by atoms with E-state index >= 15 is 0 Å². The lowest BCUT2D eigenvalue weighted by atomic mass is 9.94. The molecular weight excluding hydrogens is 366 g/mol. The highest BCUT2D eigenvalue weighted by Crippen LogP contribution is 2.48. The number of hydrogen-bond acceptors (Lipinski definition) is 7. The second kappa shape index (κ2) is 7.07. The van der Waals surface area contributed by atoms with Gasteiger partial charge in [-0.05, 0) is 44.0 Å². The maximum absolute atomic E-state index is 6.91. The Kier molecular flexibility index (Phi) is 4.75. The molecule has 3 aliphatic heterocycles. The number of rotatable bonds is 2. The molecular formula is C19H24ClN5O2. The van der Waals surface area contributed by atoms with E-state index in [-0.39, 0.29) is 6.79 Å². The van der Waals surface area contributed by atoms with Crippen LogP contribution in [-0.2, 0) is 5.79 Å². The van der Waals surface area contributed by atoms with Crippen molar-refractivity contribution in [2.24, 2.45) is 10.7 Å². The first-order chi connectivity index (χ1) is 13.0. The van der Waals surface area contributed by atoms with E-state index in [1.54, 1.807) is 0 Å². The number of nitrogens with one attached hydrogen (secondary N) is 3. The van der Waals surface area contributed by atoms with Gasteiger partial charge in [0, 0.05) is 30.4 Å². The van der Waals surface area contributed by atoms with Gasteiger partial charge >= 0.3 is 0 Å². The molecule has 0 amide bonds. The van der Waals surface area contributed by atoms with Gasteiger partial charge in [0.05, 0.1) is 5.02 Å². The molecule has 3 aliphatic rings. The second-order valence-corrected chi connectivity index (χ2v) is 7.23. The largest absolute Gasteiger partial charge is 0.454 e. The van der Waals surface area contributed by atoms with Gasteiger partial charge in [0.1, 0.15) is 5.84 Å². The Morgan fingerprint density at radius 3 is 3.04 bits per heavy atom. The molecule has 5 N–H and O–H groups in total. The smallest absolute Gasteiger partial charge is 0.231 e. The van der Waals surface area contributed by atoms with Crippen molar-refractivity contribution in [2.45, 2.75) is 25.6 Å². The van der Waals surface area contributed by atoms with Crippen LogP contribution in [0.1, 0.15) is 30.9 Å². The van der Waals surface area contributed by atoms with Gasteiger partial charge in [-0.2, -0.15) is 0 Å². The Labute approximate surface area is 163 Å². The van der Waals surface area contributed by atoms with Gasteiger partial charge in [-0.15, -0.1) is 0 Å². The van der Waals surface area contributed by atoms with E-state index in [1.807, 2.05) is 26.1 Å². The van der Waals surface area contributed by atoms with Gasteiger partial charge in [0.25, 0.3) is 0 Å². The predicted octanol–water partition coefficient (Wildman–Crippen LogP) is 2.03. The molecule has 7 nitrogen and oxygen atoms in total. The van der Waals surface area contributed by atoms with Crippen LogP contribution in [0.25, 0.3) is 5.57 Å². The van der Waals surface area contributed by atoms with Crippen molar-refractivity contribution in [3.8, 4) is 11.5 Å². The molecule has 4 rings (SSSR count). The second-order valence-electron chi connectivity index (χ2n) is 6.85. The number of aliphatic imine (C=N–C) groups is 1. The Bertz CT molecular complexity index is 864. The lowest BCUT2D eigenvalue weighted by molar-refractivity contribution is 0.173. The van der Waals surface area contributed by atoms with E-state index in [4.69, 9.17) is 26.8 Å². The van der Waals surface area contributed by atoms with Crippen LogP contribution in [0, 0.1) is 0 Å². The summed E-state index contributed by atoms with van der Waals surface area (Å²) in [5.41, 5.74) is 10.2. The third kappa shape index (κ3) is 3.26. The summed E-state index contributed by atoms with van der Waals surface area (Å²) in [6, 6.07) is 1.83. The fraction of sp³-hybridized carbons (Fsp3) is 0.421. The van der Waals surface area contributed by atoms with Gasteiger partial charge in [-0.25, -0.2) is 4.99 Å². The lowest BCUT2D eigenvalue weighted by Crippen LogP contribution is -2.51. The van der Waals surface area contributed by atoms with Gasteiger partial charge in [-0.1, -0.05) is 17.7 Å². The molecule has 0 bridgehead atoms. The number of nitrogens with two attached hydrogens (primary N) is 1. The van der Waals surface area contributed by atoms with Gasteiger partial charge < -0.3 is 25.4 Å². The summed E-state index contributed by atoms with van der Waals surface area (Å²) in [4.78, 5) is 4.63. The van der Waals surface area contributed by atoms with E-state index < -0.39 is 5.79 Å². The van der Waals surface area contributed by atoms with Crippen LogP contribution >= 0.6 is 11.6 Å². The van der Waals surface area contributed by atoms with Crippen LogP contribution in [-0.4, -0.2) is 32.8 Å². The highest BCUT2D eigenvalue weighted by molar-refractivity contribution is 6.33. The summed E-state index contributed by atoms with van der Waals surface area (Å²) in [6.45, 7) is 3.87. The predicted molar refractivity (Wildman–Crippen MR) is 107 cm³/mol. The quantitative estimate of drug-likeness (QED) is 0.618. The normalized spacial score (nSPS) is 24.4. The number of halogens is 1. The lowest BCUT2D eigenvalue weighted by Gasteiger charge is -2.33. The van der Waals surface area contributed by atoms with E-state index in [1.165, 1.54) is 0 Å². The zero-order valence-electron chi connectivity index (χ0n) is 15.5. The number of amidine groups is 1. The molecule has 0 spiro atoms. The molecule has 3 heterocycles. The molecule has 0 saturated heterocycles. The number of hydrogen-bond donors (Lipinski definition) is 4. The summed E-state index contributed by atoms with van der Waals surface area (Å²) in [5, 5.41) is 10.2. The number of nitrogens with zero attached hydrogens (tertiary/aromatic N) is 1. The highest BCUT2D eigenvalue weighted by Gasteiger charge is 2.37. The molecule has 1 unspecified atom stereocenters. The molecule has 1 aromatic carbocycles. The van der Waals surface area contributed by atoms with Gasteiger partial charge in [-0.3, -0.25) is 5.73 Å². The van der Waals surface area contributed by atoms with E-state index in [0.717, 1.165) is 42.8 Å². The molecule has 144 valence electrons. The third-order valence-electron chi connectivity index (χ3n) is 4.92. The zero-order chi connectivity index (χ0) is 19.0. The summed E-state index contributed by atoms with van der Waals surface area (Å²) in [7, 11) is 1.81. The summed E-state index contributed by atoms with van der Waals surface area (Å²) >= 11 is 6.91. The first kappa shape index (κ1) is 18.2. The fourth-order valence-electron chi connectivity index (χ4n) is 3.66. The molecule has 0 radical (unpaired) electrons. The van der Waals surface area contributed by atoms with Gasteiger partial charge in [0.2, 0.25) is 12.6 Å². The maximum atomic E-state index is 6.91. The van der Waals surface area contributed by atoms with Crippen molar-refractivity contribution in [1.82, 2.24) is 16.0 Å². The first-order valence-electron chi connectivity index (χ1n) is 9.07. The minimum atomic E-state index is -1.20. The molecule has 0 saturated carbocycles. The molecule has 0 aliphatic carbocycles. The van der Waals surface area contributed by atoms with Crippen molar-refractivity contribution in [3.63, 3.8) is 0 Å². The maximum Gasteiger partial charge on any atom is 0.231 e. The average molecular weight is 390 g/mol. The van der Waals surface area contributed by atoms with Gasteiger partial charge in [0.15, 0.2) is 11.5 Å². The minimum absolute atomic E-state index is 0.169. The van der Waals surface area contributed by atoms with Crippen LogP contribution < -0.4 is 31.2 Å². The average Bonchev–Trinajstić information content (AvgIpc) is 2.93. The van der Waals surface area contributed by atoms with Crippen molar-refractivity contribution < 1.29 is 9.47 Å². The van der Waals surface area contributed by atoms with Crippen molar-refractivity contribution in [2.75, 3.05) is 26.9 Å². The molecule has 8 heteroatoms. The zero-order valence-corrected chi connectivity index (χ0v) is 16.2. The van der Waals surface area contributed by atoms with E-state index in [0.29, 0.717) is 27.9 Å².